The Labute approximate surface area is 104 Å². The minimum absolute atomic E-state index is 0.370. The van der Waals surface area contributed by atoms with Crippen LogP contribution in [0.1, 0.15) is 53.4 Å². The highest BCUT2D eigenvalue weighted by atomic mass is 31.1. The third kappa shape index (κ3) is 2.81. The SMILES string of the molecule is CC1(C)CCCP1CCP1CCCC1(C)C. The van der Waals surface area contributed by atoms with E-state index >= 15 is 0 Å². The van der Waals surface area contributed by atoms with E-state index in [-0.39, 0.29) is 0 Å². The molecule has 0 amide bonds. The smallest absolute Gasteiger partial charge is 0.0151 e. The molecule has 0 nitrogen and oxygen atoms in total. The van der Waals surface area contributed by atoms with Crippen LogP contribution in [0.4, 0.5) is 0 Å². The van der Waals surface area contributed by atoms with Crippen LogP contribution >= 0.6 is 15.8 Å². The van der Waals surface area contributed by atoms with Crippen molar-refractivity contribution in [3.05, 3.63) is 0 Å². The second-order valence-corrected chi connectivity index (χ2v) is 13.2. The summed E-state index contributed by atoms with van der Waals surface area (Å²) in [4.78, 5) is 0. The lowest BCUT2D eigenvalue weighted by molar-refractivity contribution is 0.655. The highest BCUT2D eigenvalue weighted by Crippen LogP contribution is 2.63. The molecule has 0 saturated carbocycles. The Kier molecular flexibility index (Phi) is 4.03. The second-order valence-electron chi connectivity index (χ2n) is 6.81. The van der Waals surface area contributed by atoms with Gasteiger partial charge in [-0.2, -0.15) is 0 Å². The lowest BCUT2D eigenvalue weighted by Gasteiger charge is -2.32. The molecule has 0 spiro atoms. The molecule has 0 aromatic rings. The van der Waals surface area contributed by atoms with Gasteiger partial charge in [-0.25, -0.2) is 0 Å². The predicted molar refractivity (Wildman–Crippen MR) is 79.9 cm³/mol. The van der Waals surface area contributed by atoms with Gasteiger partial charge in [-0.1, -0.05) is 27.7 Å². The van der Waals surface area contributed by atoms with Gasteiger partial charge in [0.25, 0.3) is 0 Å². The maximum Gasteiger partial charge on any atom is -0.0151 e. The standard InChI is InChI=1S/C14H28P2/c1-13(2)7-5-9-15(13)11-12-16-10-6-8-14(16,3)4/h5-12H2,1-4H3. The molecule has 94 valence electrons. The van der Waals surface area contributed by atoms with Gasteiger partial charge in [0.15, 0.2) is 0 Å². The van der Waals surface area contributed by atoms with E-state index in [1.165, 1.54) is 25.7 Å². The Morgan fingerprint density at radius 1 is 0.750 bits per heavy atom. The molecule has 2 unspecified atom stereocenters. The Balaban J connectivity index is 1.83. The molecule has 0 radical (unpaired) electrons. The summed E-state index contributed by atoms with van der Waals surface area (Å²) < 4.78 is 0. The highest BCUT2D eigenvalue weighted by Gasteiger charge is 2.37. The van der Waals surface area contributed by atoms with E-state index in [4.69, 9.17) is 0 Å². The van der Waals surface area contributed by atoms with Gasteiger partial charge in [-0.15, -0.1) is 15.8 Å². The summed E-state index contributed by atoms with van der Waals surface area (Å²) in [5.74, 6) is 0. The van der Waals surface area contributed by atoms with E-state index in [2.05, 4.69) is 27.7 Å². The molecule has 0 aromatic heterocycles. The van der Waals surface area contributed by atoms with Gasteiger partial charge >= 0.3 is 0 Å². The Hall–Kier alpha value is 0.860. The molecule has 16 heavy (non-hydrogen) atoms. The summed E-state index contributed by atoms with van der Waals surface area (Å²) in [5.41, 5.74) is 0. The molecule has 2 aliphatic heterocycles. The van der Waals surface area contributed by atoms with Crippen molar-refractivity contribution in [2.24, 2.45) is 0 Å². The molecule has 0 aromatic carbocycles. The lowest BCUT2D eigenvalue weighted by atomic mass is 10.1. The zero-order valence-electron chi connectivity index (χ0n) is 11.6. The normalized spacial score (nSPS) is 36.8. The first-order chi connectivity index (χ1) is 7.42. The van der Waals surface area contributed by atoms with E-state index in [1.807, 2.05) is 0 Å². The monoisotopic (exact) mass is 258 g/mol. The molecule has 2 rings (SSSR count). The first-order valence-corrected chi connectivity index (χ1v) is 10.3. The van der Waals surface area contributed by atoms with E-state index in [0.29, 0.717) is 26.2 Å². The fourth-order valence-corrected chi connectivity index (χ4v) is 10.2. The fourth-order valence-electron chi connectivity index (χ4n) is 3.40. The van der Waals surface area contributed by atoms with Gasteiger partial charge in [0.1, 0.15) is 0 Å². The Bertz CT molecular complexity index is 219. The molecule has 2 saturated heterocycles. The molecule has 2 fully saturated rings. The average Bonchev–Trinajstić information content (AvgIpc) is 2.66. The first kappa shape index (κ1) is 13.3. The quantitative estimate of drug-likeness (QED) is 0.618. The molecule has 0 aliphatic carbocycles. The predicted octanol–water partition coefficient (Wildman–Crippen LogP) is 5.10. The minimum atomic E-state index is 0.370. The van der Waals surface area contributed by atoms with Gasteiger partial charge in [0.05, 0.1) is 0 Å². The van der Waals surface area contributed by atoms with Gasteiger partial charge in [-0.05, 0) is 60.6 Å². The van der Waals surface area contributed by atoms with Gasteiger partial charge in [0, 0.05) is 0 Å². The van der Waals surface area contributed by atoms with Crippen molar-refractivity contribution < 1.29 is 0 Å². The molecular weight excluding hydrogens is 230 g/mol. The summed E-state index contributed by atoms with van der Waals surface area (Å²) >= 11 is 0. The van der Waals surface area contributed by atoms with E-state index < -0.39 is 0 Å². The van der Waals surface area contributed by atoms with E-state index in [1.54, 1.807) is 24.6 Å². The summed E-state index contributed by atoms with van der Waals surface area (Å²) in [6.45, 7) is 10.1. The average molecular weight is 258 g/mol. The third-order valence-corrected chi connectivity index (χ3v) is 12.2. The zero-order chi connectivity index (χ0) is 11.8. The fraction of sp³-hybridized carbons (Fsp3) is 1.00. The largest absolute Gasteiger partial charge is 0.101 e. The molecule has 2 heterocycles. The van der Waals surface area contributed by atoms with Crippen LogP contribution in [0, 0.1) is 0 Å². The molecule has 0 N–H and O–H groups in total. The molecule has 2 aliphatic rings. The molecular formula is C14H28P2. The summed E-state index contributed by atoms with van der Waals surface area (Å²) in [5, 5.41) is 1.43. The highest BCUT2D eigenvalue weighted by molar-refractivity contribution is 7.63. The zero-order valence-corrected chi connectivity index (χ0v) is 13.3. The van der Waals surface area contributed by atoms with Gasteiger partial charge in [0.2, 0.25) is 0 Å². The minimum Gasteiger partial charge on any atom is -0.101 e. The molecule has 2 atom stereocenters. The van der Waals surface area contributed by atoms with E-state index in [0.717, 1.165) is 0 Å². The van der Waals surface area contributed by atoms with Gasteiger partial charge < -0.3 is 0 Å². The van der Waals surface area contributed by atoms with Crippen molar-refractivity contribution in [3.8, 4) is 0 Å². The number of hydrogen-bond donors (Lipinski definition) is 0. The lowest BCUT2D eigenvalue weighted by Crippen LogP contribution is -2.17. The van der Waals surface area contributed by atoms with Crippen molar-refractivity contribution >= 4 is 15.8 Å². The van der Waals surface area contributed by atoms with Crippen molar-refractivity contribution in [1.82, 2.24) is 0 Å². The van der Waals surface area contributed by atoms with Crippen LogP contribution in [0.5, 0.6) is 0 Å². The topological polar surface area (TPSA) is 0 Å². The van der Waals surface area contributed by atoms with Crippen molar-refractivity contribution in [1.29, 1.82) is 0 Å². The van der Waals surface area contributed by atoms with Crippen LogP contribution < -0.4 is 0 Å². The maximum absolute atomic E-state index is 2.53. The van der Waals surface area contributed by atoms with Crippen molar-refractivity contribution in [2.45, 2.75) is 63.7 Å². The number of rotatable bonds is 3. The van der Waals surface area contributed by atoms with Crippen LogP contribution in [0.25, 0.3) is 0 Å². The molecule has 2 heteroatoms. The Morgan fingerprint density at radius 3 is 1.38 bits per heavy atom. The number of hydrogen-bond acceptors (Lipinski definition) is 0. The van der Waals surface area contributed by atoms with Crippen LogP contribution in [0.3, 0.4) is 0 Å². The maximum atomic E-state index is 2.53. The third-order valence-electron chi connectivity index (χ3n) is 4.79. The second kappa shape index (κ2) is 4.85. The van der Waals surface area contributed by atoms with E-state index in [9.17, 15) is 0 Å². The summed E-state index contributed by atoms with van der Waals surface area (Å²) in [7, 11) is 0.740. The van der Waals surface area contributed by atoms with Gasteiger partial charge in [-0.3, -0.25) is 0 Å². The van der Waals surface area contributed by atoms with Crippen LogP contribution in [-0.2, 0) is 0 Å². The Morgan fingerprint density at radius 2 is 1.12 bits per heavy atom. The van der Waals surface area contributed by atoms with Crippen molar-refractivity contribution in [3.63, 3.8) is 0 Å². The molecule has 0 bridgehead atoms. The van der Waals surface area contributed by atoms with Crippen molar-refractivity contribution in [2.75, 3.05) is 24.6 Å². The summed E-state index contributed by atoms with van der Waals surface area (Å²) in [6, 6.07) is 0. The van der Waals surface area contributed by atoms with Crippen LogP contribution in [-0.4, -0.2) is 35.0 Å². The van der Waals surface area contributed by atoms with Crippen LogP contribution in [0.15, 0.2) is 0 Å². The first-order valence-electron chi connectivity index (χ1n) is 6.92. The van der Waals surface area contributed by atoms with Crippen LogP contribution in [0.2, 0.25) is 0 Å². The summed E-state index contributed by atoms with van der Waals surface area (Å²) in [6.07, 6.45) is 12.4.